The van der Waals surface area contributed by atoms with Crippen LogP contribution in [0.4, 0.5) is 0 Å². The van der Waals surface area contributed by atoms with Crippen molar-refractivity contribution in [3.63, 3.8) is 0 Å². The van der Waals surface area contributed by atoms with Gasteiger partial charge >= 0.3 is 0 Å². The van der Waals surface area contributed by atoms with Gasteiger partial charge in [-0.1, -0.05) is 6.07 Å². The molecule has 2 N–H and O–H groups in total. The van der Waals surface area contributed by atoms with Gasteiger partial charge in [0.05, 0.1) is 6.61 Å². The Morgan fingerprint density at radius 3 is 2.66 bits per heavy atom. The number of nitrogens with zero attached hydrogens (tertiary/aromatic N) is 3. The number of aliphatic hydroxyl groups is 1. The highest BCUT2D eigenvalue weighted by Gasteiger charge is 2.44. The van der Waals surface area contributed by atoms with Gasteiger partial charge in [0.25, 0.3) is 5.56 Å². The molecular weight excluding hydrogens is 372 g/mol. The van der Waals surface area contributed by atoms with Crippen LogP contribution in [0.15, 0.2) is 23.0 Å². The molecule has 4 rings (SSSR count). The summed E-state index contributed by atoms with van der Waals surface area (Å²) >= 11 is 0. The van der Waals surface area contributed by atoms with Crippen LogP contribution in [0.2, 0.25) is 0 Å². The third kappa shape index (κ3) is 3.96. The summed E-state index contributed by atoms with van der Waals surface area (Å²) in [6.07, 6.45) is 2.49. The van der Waals surface area contributed by atoms with Crippen LogP contribution in [-0.4, -0.2) is 76.7 Å². The monoisotopic (exact) mass is 402 g/mol. The molecule has 0 saturated carbocycles. The molecule has 1 aromatic heterocycles. The Morgan fingerprint density at radius 1 is 1.21 bits per heavy atom. The molecule has 2 saturated heterocycles. The second-order valence-corrected chi connectivity index (χ2v) is 8.57. The zero-order chi connectivity index (χ0) is 20.5. The van der Waals surface area contributed by atoms with Crippen molar-refractivity contribution >= 4 is 11.8 Å². The lowest BCUT2D eigenvalue weighted by atomic mass is 9.78. The summed E-state index contributed by atoms with van der Waals surface area (Å²) in [6.45, 7) is 5.18. The number of carbonyl (C=O) groups excluding carboxylic acids is 2. The topological polar surface area (TPSA) is 94.9 Å². The number of hydrogen-bond donors (Lipinski definition) is 2. The number of fused-ring (bicyclic) bond motifs is 4. The fraction of sp³-hybridized carbons (Fsp3) is 0.667. The second-order valence-electron chi connectivity index (χ2n) is 8.57. The van der Waals surface area contributed by atoms with Crippen LogP contribution in [-0.2, 0) is 9.59 Å². The number of likely N-dealkylation sites (tertiary alicyclic amines) is 2. The standard InChI is InChI=1S/C21H30N4O4/c1-14(27)24-12-15-11-16(13-24)20(25-18(15)3-2-4-19(25)28)21(29)22-17-5-7-23(8-6-17)9-10-26/h2-4,15-17,20,26H,5-13H2,1H3,(H,22,29)/t15-,16+,20-/m1/s1. The van der Waals surface area contributed by atoms with Crippen LogP contribution in [0.25, 0.3) is 0 Å². The van der Waals surface area contributed by atoms with Gasteiger partial charge < -0.3 is 20.2 Å². The molecule has 0 radical (unpaired) electrons. The van der Waals surface area contributed by atoms with Crippen LogP contribution < -0.4 is 10.9 Å². The maximum absolute atomic E-state index is 13.3. The SMILES string of the molecule is CC(=O)N1C[C@H]2C[C@@H](C1)[C@H](C(=O)NC1CCN(CCO)CC1)n1c2cccc1=O. The van der Waals surface area contributed by atoms with Crippen molar-refractivity contribution in [3.05, 3.63) is 34.2 Å². The molecule has 0 aromatic carbocycles. The fourth-order valence-corrected chi connectivity index (χ4v) is 5.26. The van der Waals surface area contributed by atoms with Crippen LogP contribution in [0.3, 0.4) is 0 Å². The highest BCUT2D eigenvalue weighted by molar-refractivity contribution is 5.82. The number of carbonyl (C=O) groups is 2. The molecular formula is C21H30N4O4. The average Bonchev–Trinajstić information content (AvgIpc) is 2.70. The summed E-state index contributed by atoms with van der Waals surface area (Å²) in [4.78, 5) is 42.1. The smallest absolute Gasteiger partial charge is 0.251 e. The number of nitrogens with one attached hydrogen (secondary N) is 1. The van der Waals surface area contributed by atoms with E-state index in [2.05, 4.69) is 10.2 Å². The van der Waals surface area contributed by atoms with Crippen molar-refractivity contribution in [2.75, 3.05) is 39.3 Å². The minimum absolute atomic E-state index is 0.0156. The van der Waals surface area contributed by atoms with E-state index in [9.17, 15) is 14.4 Å². The van der Waals surface area contributed by atoms with E-state index in [4.69, 9.17) is 5.11 Å². The van der Waals surface area contributed by atoms with Crippen LogP contribution in [0.1, 0.15) is 43.8 Å². The minimum Gasteiger partial charge on any atom is -0.395 e. The number of piperidine rings is 2. The van der Waals surface area contributed by atoms with E-state index in [-0.39, 0.29) is 41.9 Å². The van der Waals surface area contributed by atoms with Crippen LogP contribution >= 0.6 is 0 Å². The predicted molar refractivity (Wildman–Crippen MR) is 108 cm³/mol. The molecule has 1 aromatic rings. The van der Waals surface area contributed by atoms with Gasteiger partial charge in [0.1, 0.15) is 6.04 Å². The van der Waals surface area contributed by atoms with E-state index in [1.165, 1.54) is 6.07 Å². The van der Waals surface area contributed by atoms with E-state index in [1.54, 1.807) is 17.6 Å². The fourth-order valence-electron chi connectivity index (χ4n) is 5.26. The first-order valence-electron chi connectivity index (χ1n) is 10.6. The first-order valence-corrected chi connectivity index (χ1v) is 10.6. The average molecular weight is 402 g/mol. The normalized spacial score (nSPS) is 27.4. The van der Waals surface area contributed by atoms with E-state index < -0.39 is 6.04 Å². The number of β-amino-alcohol motifs (C(OH)–C–C–N with tert-alkyl or cyclic N) is 1. The molecule has 3 aliphatic rings. The summed E-state index contributed by atoms with van der Waals surface area (Å²) in [5.41, 5.74) is 0.712. The molecule has 0 spiro atoms. The first-order chi connectivity index (χ1) is 14.0. The number of pyridine rings is 1. The van der Waals surface area contributed by atoms with Crippen molar-refractivity contribution in [1.82, 2.24) is 19.7 Å². The zero-order valence-corrected chi connectivity index (χ0v) is 16.9. The van der Waals surface area contributed by atoms with E-state index in [0.29, 0.717) is 19.6 Å². The van der Waals surface area contributed by atoms with Gasteiger partial charge in [0.2, 0.25) is 11.8 Å². The number of rotatable bonds is 4. The lowest BCUT2D eigenvalue weighted by Gasteiger charge is -2.46. The first kappa shape index (κ1) is 20.1. The Labute approximate surface area is 170 Å². The molecule has 8 nitrogen and oxygen atoms in total. The maximum Gasteiger partial charge on any atom is 0.251 e. The molecule has 3 atom stereocenters. The van der Waals surface area contributed by atoms with Gasteiger partial charge in [-0.05, 0) is 25.3 Å². The van der Waals surface area contributed by atoms with Gasteiger partial charge in [0.15, 0.2) is 0 Å². The van der Waals surface area contributed by atoms with Crippen LogP contribution in [0.5, 0.6) is 0 Å². The molecule has 2 amide bonds. The Hall–Kier alpha value is -2.19. The molecule has 0 aliphatic carbocycles. The van der Waals surface area contributed by atoms with Gasteiger partial charge in [0, 0.05) is 69.3 Å². The molecule has 8 heteroatoms. The van der Waals surface area contributed by atoms with Gasteiger partial charge in [-0.15, -0.1) is 0 Å². The molecule has 2 fully saturated rings. The Bertz CT molecular complexity index is 830. The summed E-state index contributed by atoms with van der Waals surface area (Å²) in [5.74, 6) is -0.0621. The summed E-state index contributed by atoms with van der Waals surface area (Å²) in [5, 5.41) is 12.3. The lowest BCUT2D eigenvalue weighted by molar-refractivity contribution is -0.136. The quantitative estimate of drug-likeness (QED) is 0.735. The highest BCUT2D eigenvalue weighted by Crippen LogP contribution is 2.41. The predicted octanol–water partition coefficient (Wildman–Crippen LogP) is -0.0721. The maximum atomic E-state index is 13.3. The summed E-state index contributed by atoms with van der Waals surface area (Å²) < 4.78 is 1.67. The third-order valence-electron chi connectivity index (χ3n) is 6.71. The van der Waals surface area contributed by atoms with Crippen molar-refractivity contribution in [1.29, 1.82) is 0 Å². The van der Waals surface area contributed by atoms with Gasteiger partial charge in [-0.2, -0.15) is 0 Å². The summed E-state index contributed by atoms with van der Waals surface area (Å²) in [7, 11) is 0. The number of aliphatic hydroxyl groups excluding tert-OH is 1. The van der Waals surface area contributed by atoms with Gasteiger partial charge in [-0.25, -0.2) is 0 Å². The zero-order valence-electron chi connectivity index (χ0n) is 16.9. The van der Waals surface area contributed by atoms with Crippen LogP contribution in [0, 0.1) is 5.92 Å². The molecule has 158 valence electrons. The molecule has 2 bridgehead atoms. The molecule has 3 aliphatic heterocycles. The molecule has 4 heterocycles. The van der Waals surface area contributed by atoms with E-state index in [0.717, 1.165) is 38.0 Å². The Balaban J connectivity index is 1.55. The Kier molecular flexibility index (Phi) is 5.74. The number of amides is 2. The second kappa shape index (κ2) is 8.28. The number of aromatic nitrogens is 1. The highest BCUT2D eigenvalue weighted by atomic mass is 16.3. The largest absolute Gasteiger partial charge is 0.395 e. The van der Waals surface area contributed by atoms with Crippen molar-refractivity contribution < 1.29 is 14.7 Å². The minimum atomic E-state index is -0.576. The van der Waals surface area contributed by atoms with Crippen molar-refractivity contribution in [3.8, 4) is 0 Å². The van der Waals surface area contributed by atoms with Gasteiger partial charge in [-0.3, -0.25) is 19.0 Å². The lowest BCUT2D eigenvalue weighted by Crippen LogP contribution is -2.55. The Morgan fingerprint density at radius 2 is 1.97 bits per heavy atom. The van der Waals surface area contributed by atoms with E-state index >= 15 is 0 Å². The summed E-state index contributed by atoms with van der Waals surface area (Å²) in [6, 6.07) is 4.67. The van der Waals surface area contributed by atoms with Crippen molar-refractivity contribution in [2.24, 2.45) is 5.92 Å². The molecule has 29 heavy (non-hydrogen) atoms. The van der Waals surface area contributed by atoms with E-state index in [1.807, 2.05) is 11.0 Å². The molecule has 0 unspecified atom stereocenters. The number of hydrogen-bond acceptors (Lipinski definition) is 5. The third-order valence-corrected chi connectivity index (χ3v) is 6.71. The van der Waals surface area contributed by atoms with Crippen molar-refractivity contribution in [2.45, 2.75) is 44.2 Å².